The molecule has 0 spiro atoms. The van der Waals surface area contributed by atoms with E-state index in [1.165, 1.54) is 19.2 Å². The van der Waals surface area contributed by atoms with Crippen molar-refractivity contribution in [2.75, 3.05) is 19.0 Å². The van der Waals surface area contributed by atoms with Gasteiger partial charge in [0.15, 0.2) is 6.10 Å². The third-order valence-corrected chi connectivity index (χ3v) is 3.62. The molecule has 0 aliphatic carbocycles. The average Bonchev–Trinajstić information content (AvgIpc) is 2.56. The molecule has 142 valence electrons. The highest BCUT2D eigenvalue weighted by Gasteiger charge is 2.30. The van der Waals surface area contributed by atoms with Gasteiger partial charge in [-0.3, -0.25) is 9.36 Å². The number of anilines is 1. The predicted molar refractivity (Wildman–Crippen MR) is 88.2 cm³/mol. The van der Waals surface area contributed by atoms with Crippen molar-refractivity contribution in [2.45, 2.75) is 45.2 Å². The van der Waals surface area contributed by atoms with E-state index in [1.807, 2.05) is 0 Å². The van der Waals surface area contributed by atoms with E-state index in [0.29, 0.717) is 0 Å². The summed E-state index contributed by atoms with van der Waals surface area (Å²) in [5.74, 6) is -0.941. The Bertz CT molecular complexity index is 624. The second-order valence-electron chi connectivity index (χ2n) is 5.90. The van der Waals surface area contributed by atoms with Crippen LogP contribution in [0.2, 0.25) is 0 Å². The van der Waals surface area contributed by atoms with E-state index in [4.69, 9.17) is 20.9 Å². The zero-order chi connectivity index (χ0) is 19.1. The maximum absolute atomic E-state index is 13.3. The number of nitrogen functional groups attached to an aromatic ring is 1. The number of ether oxygens (including phenoxy) is 2. The van der Waals surface area contributed by atoms with Crippen LogP contribution in [0.1, 0.15) is 27.0 Å². The Morgan fingerprint density at radius 2 is 2.04 bits per heavy atom. The molecule has 0 fully saturated rings. The first-order chi connectivity index (χ1) is 11.7. The lowest BCUT2D eigenvalue weighted by molar-refractivity contribution is -0.172. The molecular formula is C15H25FN4O5. The molecule has 10 heteroatoms. The number of esters is 1. The molecular weight excluding hydrogens is 335 g/mol. The lowest BCUT2D eigenvalue weighted by Crippen LogP contribution is -2.45. The summed E-state index contributed by atoms with van der Waals surface area (Å²) >= 11 is 0. The molecule has 0 aliphatic rings. The number of hydrogen-bond acceptors (Lipinski definition) is 8. The topological polar surface area (TPSA) is 143 Å². The molecule has 0 aliphatic heterocycles. The Labute approximate surface area is 144 Å². The molecule has 25 heavy (non-hydrogen) atoms. The normalized spacial score (nSPS) is 16.3. The van der Waals surface area contributed by atoms with Gasteiger partial charge < -0.3 is 26.0 Å². The number of aliphatic hydroxyl groups is 1. The number of nitrogens with two attached hydrogens (primary N) is 2. The van der Waals surface area contributed by atoms with Gasteiger partial charge in [-0.05, 0) is 18.9 Å². The van der Waals surface area contributed by atoms with E-state index in [9.17, 15) is 19.1 Å². The van der Waals surface area contributed by atoms with Crippen LogP contribution >= 0.6 is 0 Å². The number of aromatic nitrogens is 2. The molecule has 9 nitrogen and oxygen atoms in total. The van der Waals surface area contributed by atoms with Crippen LogP contribution in [0, 0.1) is 5.92 Å². The van der Waals surface area contributed by atoms with Crippen LogP contribution in [-0.4, -0.2) is 52.2 Å². The fourth-order valence-electron chi connectivity index (χ4n) is 1.98. The maximum atomic E-state index is 13.3. The highest BCUT2D eigenvalue weighted by atomic mass is 19.1. The van der Waals surface area contributed by atoms with E-state index in [1.54, 1.807) is 13.8 Å². The Morgan fingerprint density at radius 3 is 2.52 bits per heavy atom. The van der Waals surface area contributed by atoms with E-state index >= 15 is 0 Å². The fourth-order valence-corrected chi connectivity index (χ4v) is 1.98. The van der Waals surface area contributed by atoms with Gasteiger partial charge in [-0.25, -0.2) is 9.18 Å². The average molecular weight is 360 g/mol. The monoisotopic (exact) mass is 360 g/mol. The fraction of sp³-hybridized carbons (Fsp3) is 0.667. The minimum atomic E-state index is -1.36. The van der Waals surface area contributed by atoms with Crippen molar-refractivity contribution in [2.24, 2.45) is 11.7 Å². The Morgan fingerprint density at radius 1 is 1.40 bits per heavy atom. The molecule has 1 aromatic rings. The molecule has 4 atom stereocenters. The molecule has 5 N–H and O–H groups in total. The third-order valence-electron chi connectivity index (χ3n) is 3.62. The molecule has 1 rings (SSSR count). The first kappa shape index (κ1) is 21.0. The third kappa shape index (κ3) is 5.76. The van der Waals surface area contributed by atoms with Gasteiger partial charge in [0.1, 0.15) is 30.9 Å². The van der Waals surface area contributed by atoms with Crippen molar-refractivity contribution in [3.63, 3.8) is 0 Å². The summed E-state index contributed by atoms with van der Waals surface area (Å²) in [5.41, 5.74) is 10.4. The zero-order valence-electron chi connectivity index (χ0n) is 14.5. The first-order valence-electron chi connectivity index (χ1n) is 7.84. The van der Waals surface area contributed by atoms with E-state index < -0.39 is 49.4 Å². The smallest absolute Gasteiger partial charge is 0.351 e. The van der Waals surface area contributed by atoms with Gasteiger partial charge in [0.25, 0.3) is 0 Å². The number of halogens is 1. The number of rotatable bonds is 9. The number of aliphatic hydroxyl groups excluding tert-OH is 1. The van der Waals surface area contributed by atoms with Crippen LogP contribution in [0.3, 0.4) is 0 Å². The number of nitrogens with zero attached hydrogens (tertiary/aromatic N) is 2. The predicted octanol–water partition coefficient (Wildman–Crippen LogP) is -0.414. The molecule has 0 amide bonds. The second-order valence-corrected chi connectivity index (χ2v) is 5.90. The minimum Gasteiger partial charge on any atom is -0.456 e. The summed E-state index contributed by atoms with van der Waals surface area (Å²) in [7, 11) is 0. The Hall–Kier alpha value is -2.04. The molecule has 3 unspecified atom stereocenters. The lowest BCUT2D eigenvalue weighted by Gasteiger charge is -2.28. The highest BCUT2D eigenvalue weighted by Crippen LogP contribution is 2.15. The Kier molecular flexibility index (Phi) is 7.94. The second kappa shape index (κ2) is 9.44. The molecule has 0 saturated heterocycles. The van der Waals surface area contributed by atoms with Crippen LogP contribution in [-0.2, 0) is 14.3 Å². The quantitative estimate of drug-likeness (QED) is 0.504. The van der Waals surface area contributed by atoms with Gasteiger partial charge in [0.2, 0.25) is 0 Å². The largest absolute Gasteiger partial charge is 0.456 e. The number of alkyl halides is 1. The molecule has 0 aromatic carbocycles. The highest BCUT2D eigenvalue weighted by molar-refractivity contribution is 5.76. The van der Waals surface area contributed by atoms with Crippen LogP contribution < -0.4 is 17.2 Å². The van der Waals surface area contributed by atoms with Crippen molar-refractivity contribution in [1.29, 1.82) is 0 Å². The molecule has 0 radical (unpaired) electrons. The van der Waals surface area contributed by atoms with Crippen LogP contribution in [0.5, 0.6) is 0 Å². The SMILES string of the molecule is CC(C)C(N)C(=O)OC(CF)[C@@H](CO)OC(C)n1ccc(N)nc1=O. The molecule has 0 saturated carbocycles. The van der Waals surface area contributed by atoms with E-state index in [2.05, 4.69) is 4.98 Å². The van der Waals surface area contributed by atoms with Crippen molar-refractivity contribution in [3.8, 4) is 0 Å². The summed E-state index contributed by atoms with van der Waals surface area (Å²) in [6.07, 6.45) is -2.09. The molecule has 1 heterocycles. The Balaban J connectivity index is 2.84. The first-order valence-corrected chi connectivity index (χ1v) is 7.84. The van der Waals surface area contributed by atoms with Crippen LogP contribution in [0.25, 0.3) is 0 Å². The minimum absolute atomic E-state index is 0.0467. The summed E-state index contributed by atoms with van der Waals surface area (Å²) in [6.45, 7) is 3.24. The summed E-state index contributed by atoms with van der Waals surface area (Å²) in [4.78, 5) is 27.2. The lowest BCUT2D eigenvalue weighted by atomic mass is 10.1. The van der Waals surface area contributed by atoms with Crippen LogP contribution in [0.15, 0.2) is 17.1 Å². The van der Waals surface area contributed by atoms with Crippen molar-refractivity contribution >= 4 is 11.8 Å². The summed E-state index contributed by atoms with van der Waals surface area (Å²) in [5, 5.41) is 9.46. The zero-order valence-corrected chi connectivity index (χ0v) is 14.5. The summed E-state index contributed by atoms with van der Waals surface area (Å²) in [6, 6.07) is 0.471. The van der Waals surface area contributed by atoms with Gasteiger partial charge in [0, 0.05) is 6.20 Å². The van der Waals surface area contributed by atoms with E-state index in [0.717, 1.165) is 4.57 Å². The van der Waals surface area contributed by atoms with Gasteiger partial charge >= 0.3 is 11.7 Å². The van der Waals surface area contributed by atoms with E-state index in [-0.39, 0.29) is 11.7 Å². The maximum Gasteiger partial charge on any atom is 0.351 e. The number of hydrogen-bond donors (Lipinski definition) is 3. The van der Waals surface area contributed by atoms with Crippen LogP contribution in [0.4, 0.5) is 10.2 Å². The van der Waals surface area contributed by atoms with Gasteiger partial charge in [-0.1, -0.05) is 13.8 Å². The van der Waals surface area contributed by atoms with Gasteiger partial charge in [0.05, 0.1) is 6.61 Å². The standard InChI is InChI=1S/C15H25FN4O5/c1-8(2)13(18)14(22)25-10(6-16)11(7-21)24-9(3)20-5-4-12(17)19-15(20)23/h4-5,8-11,13,21H,6-7,18H2,1-3H3,(H2,17,19,23)/t9?,10?,11-,13?/m1/s1. The molecule has 1 aromatic heterocycles. The van der Waals surface area contributed by atoms with Crippen molar-refractivity contribution in [3.05, 3.63) is 22.7 Å². The molecule has 0 bridgehead atoms. The summed E-state index contributed by atoms with van der Waals surface area (Å²) < 4.78 is 24.9. The van der Waals surface area contributed by atoms with Gasteiger partial charge in [-0.2, -0.15) is 4.98 Å². The van der Waals surface area contributed by atoms with Crippen molar-refractivity contribution < 1.29 is 23.8 Å². The number of carbonyl (C=O) groups excluding carboxylic acids is 1. The number of carbonyl (C=O) groups is 1. The van der Waals surface area contributed by atoms with Crippen molar-refractivity contribution in [1.82, 2.24) is 9.55 Å². The van der Waals surface area contributed by atoms with Gasteiger partial charge in [-0.15, -0.1) is 0 Å².